The van der Waals surface area contributed by atoms with E-state index < -0.39 is 0 Å². The highest BCUT2D eigenvalue weighted by Crippen LogP contribution is 2.13. The van der Waals surface area contributed by atoms with Crippen molar-refractivity contribution in [2.24, 2.45) is 0 Å². The summed E-state index contributed by atoms with van der Waals surface area (Å²) in [5.74, 6) is 0. The average molecular weight is 246 g/mol. The Morgan fingerprint density at radius 3 is 2.82 bits per heavy atom. The molecule has 2 unspecified atom stereocenters. The molecule has 2 atom stereocenters. The van der Waals surface area contributed by atoms with Crippen LogP contribution in [-0.2, 0) is 23.7 Å². The Labute approximate surface area is 102 Å². The molecule has 0 spiro atoms. The Hall–Kier alpha value is -0.490. The smallest absolute Gasteiger partial charge is 0.157 e. The number of carbonyl (C=O) groups excluding carboxylic acids is 1. The molecule has 5 heteroatoms. The van der Waals surface area contributed by atoms with Crippen molar-refractivity contribution in [3.8, 4) is 0 Å². The third kappa shape index (κ3) is 7.44. The highest BCUT2D eigenvalue weighted by molar-refractivity contribution is 5.55. The molecule has 0 aliphatic carbocycles. The van der Waals surface area contributed by atoms with Gasteiger partial charge in [0, 0.05) is 6.61 Å². The molecule has 0 radical (unpaired) electrons. The molecule has 1 aliphatic heterocycles. The van der Waals surface area contributed by atoms with Crippen molar-refractivity contribution >= 4 is 6.29 Å². The van der Waals surface area contributed by atoms with Crippen LogP contribution in [0.2, 0.25) is 0 Å². The fraction of sp³-hybridized carbons (Fsp3) is 0.917. The van der Waals surface area contributed by atoms with E-state index in [0.717, 1.165) is 25.7 Å². The number of carbonyl (C=O) groups is 1. The summed E-state index contributed by atoms with van der Waals surface area (Å²) in [6.07, 6.45) is 3.62. The SMILES string of the molecule is CC(C=O)OCCOCCOC1CCCCO1. The largest absolute Gasteiger partial charge is 0.377 e. The Kier molecular flexibility index (Phi) is 8.17. The van der Waals surface area contributed by atoms with E-state index in [1.165, 1.54) is 6.42 Å². The number of aldehydes is 1. The molecule has 0 aromatic heterocycles. The van der Waals surface area contributed by atoms with Crippen LogP contribution < -0.4 is 0 Å². The Morgan fingerprint density at radius 2 is 2.12 bits per heavy atom. The highest BCUT2D eigenvalue weighted by Gasteiger charge is 2.13. The zero-order valence-electron chi connectivity index (χ0n) is 10.4. The summed E-state index contributed by atoms with van der Waals surface area (Å²) in [5, 5.41) is 0. The molecule has 0 saturated carbocycles. The van der Waals surface area contributed by atoms with E-state index in [-0.39, 0.29) is 12.4 Å². The molecule has 1 aliphatic rings. The maximum Gasteiger partial charge on any atom is 0.157 e. The first-order valence-corrected chi connectivity index (χ1v) is 6.21. The first kappa shape index (κ1) is 14.6. The summed E-state index contributed by atoms with van der Waals surface area (Å²) in [7, 11) is 0. The van der Waals surface area contributed by atoms with Gasteiger partial charge in [0.1, 0.15) is 12.4 Å². The quantitative estimate of drug-likeness (QED) is 0.451. The number of ether oxygens (including phenoxy) is 4. The predicted molar refractivity (Wildman–Crippen MR) is 61.8 cm³/mol. The van der Waals surface area contributed by atoms with Crippen LogP contribution in [0.25, 0.3) is 0 Å². The lowest BCUT2D eigenvalue weighted by Gasteiger charge is -2.22. The van der Waals surface area contributed by atoms with Gasteiger partial charge in [0.2, 0.25) is 0 Å². The molecule has 17 heavy (non-hydrogen) atoms. The number of rotatable bonds is 9. The van der Waals surface area contributed by atoms with Crippen LogP contribution in [0.15, 0.2) is 0 Å². The molecule has 0 N–H and O–H groups in total. The standard InChI is InChI=1S/C12H22O5/c1-11(10-13)15-8-6-14-7-9-17-12-4-2-3-5-16-12/h10-12H,2-9H2,1H3. The predicted octanol–water partition coefficient (Wildman–Crippen LogP) is 1.15. The lowest BCUT2D eigenvalue weighted by molar-refractivity contribution is -0.169. The summed E-state index contributed by atoms with van der Waals surface area (Å²) in [6.45, 7) is 4.47. The van der Waals surface area contributed by atoms with E-state index in [1.807, 2.05) is 0 Å². The van der Waals surface area contributed by atoms with Gasteiger partial charge < -0.3 is 23.7 Å². The summed E-state index contributed by atoms with van der Waals surface area (Å²) < 4.78 is 21.3. The van der Waals surface area contributed by atoms with Crippen LogP contribution in [-0.4, -0.2) is 51.7 Å². The zero-order chi connectivity index (χ0) is 12.3. The first-order valence-electron chi connectivity index (χ1n) is 6.21. The third-order valence-corrected chi connectivity index (χ3v) is 2.47. The fourth-order valence-corrected chi connectivity index (χ4v) is 1.52. The van der Waals surface area contributed by atoms with Crippen molar-refractivity contribution in [3.05, 3.63) is 0 Å². The second kappa shape index (κ2) is 9.53. The lowest BCUT2D eigenvalue weighted by Crippen LogP contribution is -2.24. The van der Waals surface area contributed by atoms with Gasteiger partial charge in [0.05, 0.1) is 26.4 Å². The van der Waals surface area contributed by atoms with Gasteiger partial charge in [-0.1, -0.05) is 0 Å². The Bertz CT molecular complexity index is 191. The van der Waals surface area contributed by atoms with E-state index in [9.17, 15) is 4.79 Å². The molecule has 100 valence electrons. The van der Waals surface area contributed by atoms with Crippen molar-refractivity contribution in [1.29, 1.82) is 0 Å². The van der Waals surface area contributed by atoms with Gasteiger partial charge in [-0.15, -0.1) is 0 Å². The zero-order valence-corrected chi connectivity index (χ0v) is 10.4. The van der Waals surface area contributed by atoms with Crippen LogP contribution >= 0.6 is 0 Å². The van der Waals surface area contributed by atoms with E-state index in [0.29, 0.717) is 26.4 Å². The van der Waals surface area contributed by atoms with E-state index in [1.54, 1.807) is 6.92 Å². The molecule has 5 nitrogen and oxygen atoms in total. The average Bonchev–Trinajstić information content (AvgIpc) is 2.38. The number of hydrogen-bond donors (Lipinski definition) is 0. The van der Waals surface area contributed by atoms with Gasteiger partial charge in [0.15, 0.2) is 6.29 Å². The van der Waals surface area contributed by atoms with Crippen LogP contribution in [0.1, 0.15) is 26.2 Å². The van der Waals surface area contributed by atoms with E-state index >= 15 is 0 Å². The first-order chi connectivity index (χ1) is 8.33. The molecule has 0 amide bonds. The maximum atomic E-state index is 10.2. The third-order valence-electron chi connectivity index (χ3n) is 2.47. The van der Waals surface area contributed by atoms with Crippen molar-refractivity contribution < 1.29 is 23.7 Å². The van der Waals surface area contributed by atoms with Crippen molar-refractivity contribution in [3.63, 3.8) is 0 Å². The Balaban J connectivity index is 1.82. The van der Waals surface area contributed by atoms with Crippen LogP contribution in [0, 0.1) is 0 Å². The van der Waals surface area contributed by atoms with E-state index in [4.69, 9.17) is 18.9 Å². The monoisotopic (exact) mass is 246 g/mol. The van der Waals surface area contributed by atoms with Gasteiger partial charge in [-0.2, -0.15) is 0 Å². The Morgan fingerprint density at radius 1 is 1.29 bits per heavy atom. The maximum absolute atomic E-state index is 10.2. The van der Waals surface area contributed by atoms with Gasteiger partial charge >= 0.3 is 0 Å². The van der Waals surface area contributed by atoms with Crippen molar-refractivity contribution in [1.82, 2.24) is 0 Å². The topological polar surface area (TPSA) is 54.0 Å². The molecule has 0 bridgehead atoms. The van der Waals surface area contributed by atoms with Crippen molar-refractivity contribution in [2.75, 3.05) is 33.0 Å². The normalized spacial score (nSPS) is 22.3. The highest BCUT2D eigenvalue weighted by atomic mass is 16.7. The second-order valence-electron chi connectivity index (χ2n) is 3.99. The van der Waals surface area contributed by atoms with Gasteiger partial charge in [-0.25, -0.2) is 0 Å². The fourth-order valence-electron chi connectivity index (χ4n) is 1.52. The molecule has 1 rings (SSSR count). The van der Waals surface area contributed by atoms with Gasteiger partial charge in [-0.3, -0.25) is 0 Å². The van der Waals surface area contributed by atoms with Crippen LogP contribution in [0.4, 0.5) is 0 Å². The summed E-state index contributed by atoms with van der Waals surface area (Å²) in [6, 6.07) is 0. The van der Waals surface area contributed by atoms with Gasteiger partial charge in [-0.05, 0) is 26.2 Å². The van der Waals surface area contributed by atoms with Gasteiger partial charge in [0.25, 0.3) is 0 Å². The van der Waals surface area contributed by atoms with Crippen LogP contribution in [0.5, 0.6) is 0 Å². The molecule has 1 heterocycles. The minimum atomic E-state index is -0.356. The van der Waals surface area contributed by atoms with Crippen molar-refractivity contribution in [2.45, 2.75) is 38.6 Å². The molecule has 0 aromatic carbocycles. The minimum absolute atomic E-state index is 0.0568. The summed E-state index contributed by atoms with van der Waals surface area (Å²) >= 11 is 0. The second-order valence-corrected chi connectivity index (χ2v) is 3.99. The summed E-state index contributed by atoms with van der Waals surface area (Å²) in [5.41, 5.74) is 0. The molecule has 1 saturated heterocycles. The molecule has 1 fully saturated rings. The van der Waals surface area contributed by atoms with Crippen LogP contribution in [0.3, 0.4) is 0 Å². The summed E-state index contributed by atoms with van der Waals surface area (Å²) in [4.78, 5) is 10.2. The molecular formula is C12H22O5. The lowest BCUT2D eigenvalue weighted by atomic mass is 10.2. The van der Waals surface area contributed by atoms with E-state index in [2.05, 4.69) is 0 Å². The molecule has 0 aromatic rings. The number of hydrogen-bond acceptors (Lipinski definition) is 5. The molecular weight excluding hydrogens is 224 g/mol. The minimum Gasteiger partial charge on any atom is -0.377 e.